The van der Waals surface area contributed by atoms with Crippen LogP contribution in [0, 0.1) is 5.92 Å². The molecule has 168 valence electrons. The fourth-order valence-corrected chi connectivity index (χ4v) is 3.22. The summed E-state index contributed by atoms with van der Waals surface area (Å²) >= 11 is 0. The zero-order chi connectivity index (χ0) is 20.9. The molecule has 0 saturated heterocycles. The van der Waals surface area contributed by atoms with Gasteiger partial charge in [-0.2, -0.15) is 0 Å². The van der Waals surface area contributed by atoms with Crippen LogP contribution in [-0.4, -0.2) is 56.8 Å². The van der Waals surface area contributed by atoms with Crippen molar-refractivity contribution in [2.24, 2.45) is 11.7 Å². The lowest BCUT2D eigenvalue weighted by molar-refractivity contribution is -0.142. The Hall–Kier alpha value is -0.690. The number of carbonyl (C=O) groups is 1. The maximum atomic E-state index is 11.5. The van der Waals surface area contributed by atoms with E-state index in [0.717, 1.165) is 57.8 Å². The number of carboxylic acid groups (broad SMARTS) is 1. The standard InChI is InChI=1S/C22H45NO5/c1-3-5-7-8-10-20(22(24)25)11-9-13-21(12-6-4-2)28-19-18-27-17-16-26-15-14-23/h20-21H,3-19,23H2,1-2H3,(H,24,25). The number of hydrogen-bond donors (Lipinski definition) is 2. The molecule has 0 fully saturated rings. The first-order valence-electron chi connectivity index (χ1n) is 11.4. The quantitative estimate of drug-likeness (QED) is 0.260. The van der Waals surface area contributed by atoms with E-state index in [1.807, 2.05) is 0 Å². The van der Waals surface area contributed by atoms with Gasteiger partial charge in [0.25, 0.3) is 0 Å². The van der Waals surface area contributed by atoms with Crippen molar-refractivity contribution < 1.29 is 24.1 Å². The summed E-state index contributed by atoms with van der Waals surface area (Å²) in [5.41, 5.74) is 5.36. The van der Waals surface area contributed by atoms with Crippen molar-refractivity contribution in [2.75, 3.05) is 39.6 Å². The van der Waals surface area contributed by atoms with Crippen LogP contribution in [0.3, 0.4) is 0 Å². The van der Waals surface area contributed by atoms with E-state index in [0.29, 0.717) is 39.6 Å². The Morgan fingerprint density at radius 2 is 1.39 bits per heavy atom. The van der Waals surface area contributed by atoms with Gasteiger partial charge in [0.15, 0.2) is 0 Å². The monoisotopic (exact) mass is 403 g/mol. The molecule has 28 heavy (non-hydrogen) atoms. The average molecular weight is 404 g/mol. The van der Waals surface area contributed by atoms with Gasteiger partial charge in [-0.15, -0.1) is 0 Å². The molecular weight excluding hydrogens is 358 g/mol. The maximum Gasteiger partial charge on any atom is 0.306 e. The van der Waals surface area contributed by atoms with Crippen LogP contribution in [0.5, 0.6) is 0 Å². The van der Waals surface area contributed by atoms with E-state index in [2.05, 4.69) is 13.8 Å². The lowest BCUT2D eigenvalue weighted by Gasteiger charge is -2.19. The predicted molar refractivity (Wildman–Crippen MR) is 114 cm³/mol. The van der Waals surface area contributed by atoms with Gasteiger partial charge in [0.1, 0.15) is 0 Å². The summed E-state index contributed by atoms with van der Waals surface area (Å²) in [7, 11) is 0. The van der Waals surface area contributed by atoms with Crippen molar-refractivity contribution in [1.82, 2.24) is 0 Å². The van der Waals surface area contributed by atoms with Crippen molar-refractivity contribution >= 4 is 5.97 Å². The first-order chi connectivity index (χ1) is 13.7. The van der Waals surface area contributed by atoms with Gasteiger partial charge in [0.05, 0.1) is 45.1 Å². The summed E-state index contributed by atoms with van der Waals surface area (Å²) in [5, 5.41) is 9.45. The molecule has 0 aliphatic carbocycles. The van der Waals surface area contributed by atoms with E-state index in [4.69, 9.17) is 19.9 Å². The Morgan fingerprint density at radius 1 is 0.786 bits per heavy atom. The van der Waals surface area contributed by atoms with Gasteiger partial charge < -0.3 is 25.1 Å². The molecule has 6 nitrogen and oxygen atoms in total. The molecule has 0 spiro atoms. The summed E-state index contributed by atoms with van der Waals surface area (Å²) in [6.45, 7) is 7.70. The number of ether oxygens (including phenoxy) is 3. The number of nitrogens with two attached hydrogens (primary N) is 1. The Morgan fingerprint density at radius 3 is 2.04 bits per heavy atom. The van der Waals surface area contributed by atoms with Crippen LogP contribution in [0.4, 0.5) is 0 Å². The highest BCUT2D eigenvalue weighted by molar-refractivity contribution is 5.69. The van der Waals surface area contributed by atoms with Gasteiger partial charge in [-0.1, -0.05) is 58.8 Å². The van der Waals surface area contributed by atoms with Gasteiger partial charge in [-0.25, -0.2) is 0 Å². The van der Waals surface area contributed by atoms with Crippen LogP contribution < -0.4 is 5.73 Å². The van der Waals surface area contributed by atoms with Crippen LogP contribution in [-0.2, 0) is 19.0 Å². The van der Waals surface area contributed by atoms with Crippen molar-refractivity contribution in [2.45, 2.75) is 90.6 Å². The van der Waals surface area contributed by atoms with Crippen molar-refractivity contribution in [3.8, 4) is 0 Å². The third kappa shape index (κ3) is 17.4. The maximum absolute atomic E-state index is 11.5. The molecule has 2 atom stereocenters. The molecule has 0 radical (unpaired) electrons. The molecule has 6 heteroatoms. The van der Waals surface area contributed by atoms with E-state index in [1.54, 1.807) is 0 Å². The number of hydrogen-bond acceptors (Lipinski definition) is 5. The molecule has 0 aliphatic heterocycles. The SMILES string of the molecule is CCCCCCC(CCCC(CCCC)OCCOCCOCCN)C(=O)O. The fraction of sp³-hybridized carbons (Fsp3) is 0.955. The Labute approximate surface area is 172 Å². The molecule has 0 aromatic rings. The number of rotatable bonds is 22. The summed E-state index contributed by atoms with van der Waals surface area (Å²) in [4.78, 5) is 11.5. The average Bonchev–Trinajstić information content (AvgIpc) is 2.69. The van der Waals surface area contributed by atoms with Crippen LogP contribution in [0.25, 0.3) is 0 Å². The van der Waals surface area contributed by atoms with Crippen molar-refractivity contribution in [1.29, 1.82) is 0 Å². The molecule has 0 heterocycles. The van der Waals surface area contributed by atoms with E-state index in [1.165, 1.54) is 12.8 Å². The number of unbranched alkanes of at least 4 members (excludes halogenated alkanes) is 4. The van der Waals surface area contributed by atoms with Gasteiger partial charge in [-0.05, 0) is 25.7 Å². The highest BCUT2D eigenvalue weighted by Gasteiger charge is 2.18. The highest BCUT2D eigenvalue weighted by Crippen LogP contribution is 2.20. The van der Waals surface area contributed by atoms with Gasteiger partial charge in [-0.3, -0.25) is 4.79 Å². The molecule has 0 bridgehead atoms. The third-order valence-corrected chi connectivity index (χ3v) is 4.93. The van der Waals surface area contributed by atoms with Crippen LogP contribution in [0.2, 0.25) is 0 Å². The molecule has 0 saturated carbocycles. The number of aliphatic carboxylic acids is 1. The fourth-order valence-electron chi connectivity index (χ4n) is 3.22. The molecule has 0 amide bonds. The first kappa shape index (κ1) is 27.3. The second-order valence-electron chi connectivity index (χ2n) is 7.46. The van der Waals surface area contributed by atoms with E-state index >= 15 is 0 Å². The second kappa shape index (κ2) is 21.0. The summed E-state index contributed by atoms with van der Waals surface area (Å²) in [6.07, 6.45) is 11.4. The highest BCUT2D eigenvalue weighted by atomic mass is 16.5. The van der Waals surface area contributed by atoms with Crippen LogP contribution in [0.15, 0.2) is 0 Å². The topological polar surface area (TPSA) is 91.0 Å². The minimum absolute atomic E-state index is 0.201. The second-order valence-corrected chi connectivity index (χ2v) is 7.46. The Bertz CT molecular complexity index is 341. The minimum atomic E-state index is -0.646. The summed E-state index contributed by atoms with van der Waals surface area (Å²) in [5.74, 6) is -0.853. The summed E-state index contributed by atoms with van der Waals surface area (Å²) < 4.78 is 16.8. The van der Waals surface area contributed by atoms with Crippen molar-refractivity contribution in [3.63, 3.8) is 0 Å². The minimum Gasteiger partial charge on any atom is -0.481 e. The smallest absolute Gasteiger partial charge is 0.306 e. The molecule has 3 N–H and O–H groups in total. The van der Waals surface area contributed by atoms with Crippen LogP contribution >= 0.6 is 0 Å². The molecule has 0 aromatic carbocycles. The lowest BCUT2D eigenvalue weighted by atomic mass is 9.94. The Balaban J connectivity index is 3.99. The van der Waals surface area contributed by atoms with E-state index in [-0.39, 0.29) is 12.0 Å². The Kier molecular flexibility index (Phi) is 20.5. The zero-order valence-electron chi connectivity index (χ0n) is 18.3. The molecule has 2 unspecified atom stereocenters. The molecule has 0 aromatic heterocycles. The van der Waals surface area contributed by atoms with Crippen LogP contribution in [0.1, 0.15) is 84.5 Å². The number of carboxylic acids is 1. The first-order valence-corrected chi connectivity index (χ1v) is 11.4. The van der Waals surface area contributed by atoms with Gasteiger partial charge >= 0.3 is 5.97 Å². The zero-order valence-corrected chi connectivity index (χ0v) is 18.3. The largest absolute Gasteiger partial charge is 0.481 e. The predicted octanol–water partition coefficient (Wildman–Crippen LogP) is 4.40. The molecule has 0 aliphatic rings. The van der Waals surface area contributed by atoms with Gasteiger partial charge in [0.2, 0.25) is 0 Å². The van der Waals surface area contributed by atoms with Gasteiger partial charge in [0, 0.05) is 6.54 Å². The van der Waals surface area contributed by atoms with E-state index in [9.17, 15) is 9.90 Å². The lowest BCUT2D eigenvalue weighted by Crippen LogP contribution is -2.19. The van der Waals surface area contributed by atoms with Crippen molar-refractivity contribution in [3.05, 3.63) is 0 Å². The molecular formula is C22H45NO5. The normalized spacial score (nSPS) is 13.5. The third-order valence-electron chi connectivity index (χ3n) is 4.93. The van der Waals surface area contributed by atoms with E-state index < -0.39 is 5.97 Å². The molecule has 0 rings (SSSR count). The summed E-state index contributed by atoms with van der Waals surface area (Å²) in [6, 6.07) is 0.